The molecule has 0 radical (unpaired) electrons. The number of esters is 1. The number of rotatable bonds is 5. The molecule has 2 heterocycles. The molecule has 1 aliphatic rings. The van der Waals surface area contributed by atoms with Gasteiger partial charge in [-0.15, -0.1) is 0 Å². The van der Waals surface area contributed by atoms with E-state index in [4.69, 9.17) is 9.26 Å². The molecule has 0 saturated carbocycles. The molecule has 3 aromatic rings. The van der Waals surface area contributed by atoms with Crippen LogP contribution in [0.1, 0.15) is 16.8 Å². The summed E-state index contributed by atoms with van der Waals surface area (Å²) in [6.45, 7) is -0.459. The summed E-state index contributed by atoms with van der Waals surface area (Å²) in [6, 6.07) is 13.8. The summed E-state index contributed by atoms with van der Waals surface area (Å²) in [7, 11) is -1.58. The molecule has 2 aromatic carbocycles. The number of ether oxygens (including phenoxy) is 1. The Bertz CT molecular complexity index is 1200. The smallest absolute Gasteiger partial charge is 0.338 e. The summed E-state index contributed by atoms with van der Waals surface area (Å²) in [5.74, 6) is -0.550. The van der Waals surface area contributed by atoms with Crippen molar-refractivity contribution in [1.29, 1.82) is 0 Å². The van der Waals surface area contributed by atoms with Crippen molar-refractivity contribution in [3.63, 3.8) is 0 Å². The molecular formula is C21H20N2O6S. The summed E-state index contributed by atoms with van der Waals surface area (Å²) in [4.78, 5) is 26.1. The van der Waals surface area contributed by atoms with Crippen molar-refractivity contribution in [3.8, 4) is 11.3 Å². The number of carbonyl (C=O) groups is 2. The average molecular weight is 428 g/mol. The van der Waals surface area contributed by atoms with Crippen molar-refractivity contribution in [2.75, 3.05) is 25.2 Å². The van der Waals surface area contributed by atoms with Crippen LogP contribution >= 0.6 is 0 Å². The number of hydrogen-bond acceptors (Lipinski definition) is 7. The van der Waals surface area contributed by atoms with E-state index in [9.17, 15) is 18.0 Å². The topological polar surface area (TPSA) is 107 Å². The highest BCUT2D eigenvalue weighted by atomic mass is 32.2. The van der Waals surface area contributed by atoms with Gasteiger partial charge in [0, 0.05) is 18.7 Å². The summed E-state index contributed by atoms with van der Waals surface area (Å²) < 4.78 is 33.8. The van der Waals surface area contributed by atoms with Gasteiger partial charge >= 0.3 is 5.97 Å². The fourth-order valence-electron chi connectivity index (χ4n) is 3.46. The van der Waals surface area contributed by atoms with Crippen molar-refractivity contribution in [1.82, 2.24) is 10.1 Å². The maximum Gasteiger partial charge on any atom is 0.338 e. The molecule has 0 aliphatic carbocycles. The number of fused-ring (bicyclic) bond motifs is 1. The predicted octanol–water partition coefficient (Wildman–Crippen LogP) is 2.30. The van der Waals surface area contributed by atoms with E-state index in [2.05, 4.69) is 5.16 Å². The van der Waals surface area contributed by atoms with E-state index in [-0.39, 0.29) is 23.1 Å². The number of benzene rings is 2. The Hall–Kier alpha value is -3.20. The lowest BCUT2D eigenvalue weighted by Gasteiger charge is -2.23. The third kappa shape index (κ3) is 4.06. The van der Waals surface area contributed by atoms with Gasteiger partial charge in [0.25, 0.3) is 5.91 Å². The van der Waals surface area contributed by atoms with E-state index in [1.54, 1.807) is 18.2 Å². The number of amides is 1. The van der Waals surface area contributed by atoms with Gasteiger partial charge in [0.15, 0.2) is 22.2 Å². The van der Waals surface area contributed by atoms with E-state index < -0.39 is 28.3 Å². The monoisotopic (exact) mass is 428 g/mol. The molecule has 1 saturated heterocycles. The number of aromatic nitrogens is 1. The van der Waals surface area contributed by atoms with Gasteiger partial charge in [-0.25, -0.2) is 13.2 Å². The summed E-state index contributed by atoms with van der Waals surface area (Å²) in [6.07, 6.45) is 0.394. The molecule has 1 atom stereocenters. The van der Waals surface area contributed by atoms with Gasteiger partial charge in [0.05, 0.1) is 22.5 Å². The lowest BCUT2D eigenvalue weighted by Crippen LogP contribution is -2.40. The second-order valence-electron chi connectivity index (χ2n) is 7.25. The molecule has 30 heavy (non-hydrogen) atoms. The zero-order chi connectivity index (χ0) is 21.3. The maximum atomic E-state index is 12.5. The van der Waals surface area contributed by atoms with Crippen LogP contribution in [-0.2, 0) is 19.4 Å². The van der Waals surface area contributed by atoms with Gasteiger partial charge in [-0.05, 0) is 24.6 Å². The Kier molecular flexibility index (Phi) is 5.29. The van der Waals surface area contributed by atoms with Crippen LogP contribution in [0.2, 0.25) is 0 Å². The molecular weight excluding hydrogens is 408 g/mol. The molecule has 156 valence electrons. The summed E-state index contributed by atoms with van der Waals surface area (Å²) >= 11 is 0. The number of sulfone groups is 1. The third-order valence-corrected chi connectivity index (χ3v) is 6.97. The second-order valence-corrected chi connectivity index (χ2v) is 9.48. The number of nitrogens with zero attached hydrogens (tertiary/aromatic N) is 2. The summed E-state index contributed by atoms with van der Waals surface area (Å²) in [5.41, 5.74) is 1.69. The van der Waals surface area contributed by atoms with Crippen LogP contribution in [0, 0.1) is 0 Å². The van der Waals surface area contributed by atoms with E-state index in [0.29, 0.717) is 23.1 Å². The Morgan fingerprint density at radius 1 is 1.20 bits per heavy atom. The third-order valence-electron chi connectivity index (χ3n) is 5.22. The standard InChI is InChI=1S/C21H20N2O6S/c1-23(16-9-10-30(26,27)13-16)19(24)12-28-21(25)15-7-8-18-17(11-15)20(29-22-18)14-5-3-2-4-6-14/h2-8,11,16H,9-10,12-13H2,1H3/t16-/m0/s1. The quantitative estimate of drug-likeness (QED) is 0.574. The van der Waals surface area contributed by atoms with E-state index in [1.807, 2.05) is 30.3 Å². The minimum absolute atomic E-state index is 0.0599. The Morgan fingerprint density at radius 2 is 1.97 bits per heavy atom. The van der Waals surface area contributed by atoms with Crippen LogP contribution in [-0.4, -0.2) is 61.6 Å². The van der Waals surface area contributed by atoms with Gasteiger partial charge in [0.1, 0.15) is 5.52 Å². The Labute approximate surface area is 173 Å². The lowest BCUT2D eigenvalue weighted by atomic mass is 10.1. The largest absolute Gasteiger partial charge is 0.452 e. The van der Waals surface area contributed by atoms with Crippen LogP contribution in [0.3, 0.4) is 0 Å². The zero-order valence-corrected chi connectivity index (χ0v) is 17.1. The highest BCUT2D eigenvalue weighted by Gasteiger charge is 2.33. The predicted molar refractivity (Wildman–Crippen MR) is 110 cm³/mol. The van der Waals surface area contributed by atoms with Gasteiger partial charge in [-0.3, -0.25) is 4.79 Å². The Balaban J connectivity index is 1.45. The SMILES string of the molecule is CN(C(=O)COC(=O)c1ccc2noc(-c3ccccc3)c2c1)[C@H]1CCS(=O)(=O)C1. The first-order valence-electron chi connectivity index (χ1n) is 9.42. The van der Waals surface area contributed by atoms with Crippen LogP contribution < -0.4 is 0 Å². The normalized spacial score (nSPS) is 17.7. The van der Waals surface area contributed by atoms with Crippen LogP contribution in [0.4, 0.5) is 0 Å². The van der Waals surface area contributed by atoms with Crippen molar-refractivity contribution < 1.29 is 27.3 Å². The van der Waals surface area contributed by atoms with Crippen LogP contribution in [0.5, 0.6) is 0 Å². The molecule has 8 nitrogen and oxygen atoms in total. The van der Waals surface area contributed by atoms with Gasteiger partial charge in [0.2, 0.25) is 0 Å². The minimum atomic E-state index is -3.11. The summed E-state index contributed by atoms with van der Waals surface area (Å²) in [5, 5.41) is 4.67. The molecule has 9 heteroatoms. The van der Waals surface area contributed by atoms with Crippen molar-refractivity contribution >= 4 is 32.6 Å². The fraction of sp³-hybridized carbons (Fsp3) is 0.286. The van der Waals surface area contributed by atoms with Gasteiger partial charge in [-0.1, -0.05) is 35.5 Å². The lowest BCUT2D eigenvalue weighted by molar-refractivity contribution is -0.134. The molecule has 0 spiro atoms. The first kappa shape index (κ1) is 20.1. The molecule has 0 bridgehead atoms. The number of likely N-dealkylation sites (N-methyl/N-ethyl adjacent to an activating group) is 1. The highest BCUT2D eigenvalue weighted by molar-refractivity contribution is 7.91. The van der Waals surface area contributed by atoms with E-state index >= 15 is 0 Å². The van der Waals surface area contributed by atoms with Crippen molar-refractivity contribution in [3.05, 3.63) is 54.1 Å². The van der Waals surface area contributed by atoms with Gasteiger partial charge in [-0.2, -0.15) is 0 Å². The first-order valence-corrected chi connectivity index (χ1v) is 11.2. The molecule has 0 unspecified atom stereocenters. The van der Waals surface area contributed by atoms with Crippen LogP contribution in [0.25, 0.3) is 22.2 Å². The van der Waals surface area contributed by atoms with Crippen molar-refractivity contribution in [2.45, 2.75) is 12.5 Å². The second kappa shape index (κ2) is 7.91. The Morgan fingerprint density at radius 3 is 2.67 bits per heavy atom. The van der Waals surface area contributed by atoms with E-state index in [1.165, 1.54) is 11.9 Å². The first-order chi connectivity index (χ1) is 14.3. The molecule has 1 amide bonds. The molecule has 1 aliphatic heterocycles. The van der Waals surface area contributed by atoms with Crippen LogP contribution in [0.15, 0.2) is 53.1 Å². The zero-order valence-electron chi connectivity index (χ0n) is 16.3. The van der Waals surface area contributed by atoms with Crippen molar-refractivity contribution in [2.24, 2.45) is 0 Å². The molecule has 4 rings (SSSR count). The van der Waals surface area contributed by atoms with Gasteiger partial charge < -0.3 is 14.2 Å². The maximum absolute atomic E-state index is 12.5. The fourth-order valence-corrected chi connectivity index (χ4v) is 5.24. The molecule has 1 fully saturated rings. The van der Waals surface area contributed by atoms with E-state index in [0.717, 1.165) is 5.56 Å². The molecule has 0 N–H and O–H groups in total. The molecule has 1 aromatic heterocycles. The number of carbonyl (C=O) groups excluding carboxylic acids is 2. The number of hydrogen-bond donors (Lipinski definition) is 0. The average Bonchev–Trinajstić information content (AvgIpc) is 3.34. The highest BCUT2D eigenvalue weighted by Crippen LogP contribution is 2.29. The minimum Gasteiger partial charge on any atom is -0.452 e.